The molecule has 2 rings (SSSR count). The lowest BCUT2D eigenvalue weighted by Crippen LogP contribution is -2.45. The predicted molar refractivity (Wildman–Crippen MR) is 68.1 cm³/mol. The minimum absolute atomic E-state index is 0.507. The van der Waals surface area contributed by atoms with Crippen LogP contribution in [0.4, 0.5) is 0 Å². The van der Waals surface area contributed by atoms with Crippen molar-refractivity contribution in [3.05, 3.63) is 22.6 Å². The second kappa shape index (κ2) is 5.34. The molecule has 16 heavy (non-hydrogen) atoms. The van der Waals surface area contributed by atoms with Gasteiger partial charge in [-0.3, -0.25) is 4.90 Å². The van der Waals surface area contributed by atoms with Crippen molar-refractivity contribution in [2.75, 3.05) is 13.1 Å². The average molecular weight is 287 g/mol. The molecule has 3 nitrogen and oxygen atoms in total. The van der Waals surface area contributed by atoms with Crippen LogP contribution in [0.15, 0.2) is 21.2 Å². The van der Waals surface area contributed by atoms with Crippen molar-refractivity contribution in [2.24, 2.45) is 11.7 Å². The Bertz CT molecular complexity index is 340. The van der Waals surface area contributed by atoms with Crippen molar-refractivity contribution in [2.45, 2.75) is 32.4 Å². The van der Waals surface area contributed by atoms with Crippen molar-refractivity contribution < 1.29 is 4.42 Å². The summed E-state index contributed by atoms with van der Waals surface area (Å²) in [7, 11) is 0. The van der Waals surface area contributed by atoms with Gasteiger partial charge in [0.1, 0.15) is 5.76 Å². The van der Waals surface area contributed by atoms with E-state index in [0.717, 1.165) is 36.0 Å². The Morgan fingerprint density at radius 1 is 1.56 bits per heavy atom. The third-order valence-corrected chi connectivity index (χ3v) is 3.79. The highest BCUT2D eigenvalue weighted by Crippen LogP contribution is 2.24. The van der Waals surface area contributed by atoms with Crippen molar-refractivity contribution in [3.63, 3.8) is 0 Å². The molecule has 90 valence electrons. The van der Waals surface area contributed by atoms with Gasteiger partial charge in [-0.25, -0.2) is 0 Å². The van der Waals surface area contributed by atoms with Gasteiger partial charge < -0.3 is 10.2 Å². The number of hydrogen-bond donors (Lipinski definition) is 1. The Hall–Kier alpha value is -0.320. The van der Waals surface area contributed by atoms with Crippen LogP contribution < -0.4 is 5.73 Å². The van der Waals surface area contributed by atoms with Gasteiger partial charge in [0.2, 0.25) is 0 Å². The van der Waals surface area contributed by atoms with Gasteiger partial charge in [0.15, 0.2) is 4.67 Å². The standard InChI is InChI=1S/C12H19BrN2O/c1-9-4-5-15(10(6-9)7-14)8-11-2-3-12(13)16-11/h2-3,9-10H,4-8,14H2,1H3. The zero-order chi connectivity index (χ0) is 11.5. The summed E-state index contributed by atoms with van der Waals surface area (Å²) in [4.78, 5) is 2.44. The van der Waals surface area contributed by atoms with Gasteiger partial charge in [-0.05, 0) is 53.4 Å². The van der Waals surface area contributed by atoms with Gasteiger partial charge in [-0.1, -0.05) is 6.92 Å². The number of piperidine rings is 1. The maximum atomic E-state index is 5.83. The number of halogens is 1. The first-order valence-corrected chi connectivity index (χ1v) is 6.66. The molecule has 1 saturated heterocycles. The molecule has 0 aromatic carbocycles. The summed E-state index contributed by atoms with van der Waals surface area (Å²) in [6.07, 6.45) is 2.47. The zero-order valence-corrected chi connectivity index (χ0v) is 11.2. The Morgan fingerprint density at radius 2 is 2.38 bits per heavy atom. The number of nitrogens with two attached hydrogens (primary N) is 1. The number of likely N-dealkylation sites (tertiary alicyclic amines) is 1. The summed E-state index contributed by atoms with van der Waals surface area (Å²) in [6, 6.07) is 4.47. The van der Waals surface area contributed by atoms with E-state index in [-0.39, 0.29) is 0 Å². The molecule has 2 unspecified atom stereocenters. The van der Waals surface area contributed by atoms with Gasteiger partial charge >= 0.3 is 0 Å². The average Bonchev–Trinajstić information content (AvgIpc) is 2.67. The quantitative estimate of drug-likeness (QED) is 0.929. The molecule has 4 heteroatoms. The minimum atomic E-state index is 0.507. The molecule has 0 aliphatic carbocycles. The second-order valence-electron chi connectivity index (χ2n) is 4.70. The van der Waals surface area contributed by atoms with Crippen LogP contribution in [0.25, 0.3) is 0 Å². The Kier molecular flexibility index (Phi) is 4.05. The molecule has 0 radical (unpaired) electrons. The molecule has 2 N–H and O–H groups in total. The van der Waals surface area contributed by atoms with E-state index >= 15 is 0 Å². The van der Waals surface area contributed by atoms with Crippen LogP contribution in [0.3, 0.4) is 0 Å². The first-order valence-electron chi connectivity index (χ1n) is 5.87. The zero-order valence-electron chi connectivity index (χ0n) is 9.66. The summed E-state index contributed by atoms with van der Waals surface area (Å²) >= 11 is 3.33. The third-order valence-electron chi connectivity index (χ3n) is 3.36. The lowest BCUT2D eigenvalue weighted by Gasteiger charge is -2.37. The normalized spacial score (nSPS) is 27.2. The molecule has 2 atom stereocenters. The molecule has 1 aromatic heterocycles. The van der Waals surface area contributed by atoms with Crippen LogP contribution in [0.2, 0.25) is 0 Å². The lowest BCUT2D eigenvalue weighted by molar-refractivity contribution is 0.107. The van der Waals surface area contributed by atoms with Crippen molar-refractivity contribution in [3.8, 4) is 0 Å². The van der Waals surface area contributed by atoms with Gasteiger partial charge in [-0.15, -0.1) is 0 Å². The first kappa shape index (κ1) is 12.1. The smallest absolute Gasteiger partial charge is 0.169 e. The van der Waals surface area contributed by atoms with E-state index in [1.165, 1.54) is 12.8 Å². The van der Waals surface area contributed by atoms with E-state index in [1.807, 2.05) is 12.1 Å². The lowest BCUT2D eigenvalue weighted by atomic mass is 9.92. The Morgan fingerprint density at radius 3 is 3.00 bits per heavy atom. The van der Waals surface area contributed by atoms with Gasteiger partial charge in [0, 0.05) is 12.6 Å². The minimum Gasteiger partial charge on any atom is -0.453 e. The summed E-state index contributed by atoms with van der Waals surface area (Å²) in [5.41, 5.74) is 5.83. The highest BCUT2D eigenvalue weighted by Gasteiger charge is 2.25. The van der Waals surface area contributed by atoms with Crippen molar-refractivity contribution >= 4 is 15.9 Å². The number of hydrogen-bond acceptors (Lipinski definition) is 3. The van der Waals surface area contributed by atoms with E-state index in [2.05, 4.69) is 27.8 Å². The summed E-state index contributed by atoms with van der Waals surface area (Å²) in [6.45, 7) is 5.05. The van der Waals surface area contributed by atoms with Crippen LogP contribution in [0.5, 0.6) is 0 Å². The molecule has 0 saturated carbocycles. The largest absolute Gasteiger partial charge is 0.453 e. The highest BCUT2D eigenvalue weighted by molar-refractivity contribution is 9.10. The summed E-state index contributed by atoms with van der Waals surface area (Å²) in [5, 5.41) is 0. The van der Waals surface area contributed by atoms with Crippen LogP contribution >= 0.6 is 15.9 Å². The Labute approximate surface area is 105 Å². The maximum Gasteiger partial charge on any atom is 0.169 e. The monoisotopic (exact) mass is 286 g/mol. The molecule has 0 bridgehead atoms. The number of nitrogens with zero attached hydrogens (tertiary/aromatic N) is 1. The molecule has 0 amide bonds. The number of rotatable bonds is 3. The second-order valence-corrected chi connectivity index (χ2v) is 5.48. The van der Waals surface area contributed by atoms with Crippen molar-refractivity contribution in [1.82, 2.24) is 4.90 Å². The Balaban J connectivity index is 1.97. The van der Waals surface area contributed by atoms with E-state index < -0.39 is 0 Å². The molecular weight excluding hydrogens is 268 g/mol. The highest BCUT2D eigenvalue weighted by atomic mass is 79.9. The fraction of sp³-hybridized carbons (Fsp3) is 0.667. The van der Waals surface area contributed by atoms with Gasteiger partial charge in [-0.2, -0.15) is 0 Å². The predicted octanol–water partition coefficient (Wildman–Crippen LogP) is 2.60. The van der Waals surface area contributed by atoms with Gasteiger partial charge in [0.05, 0.1) is 6.54 Å². The molecule has 1 aliphatic rings. The molecule has 1 fully saturated rings. The van der Waals surface area contributed by atoms with E-state index in [4.69, 9.17) is 10.2 Å². The SMILES string of the molecule is CC1CCN(Cc2ccc(Br)o2)C(CN)C1. The summed E-state index contributed by atoms with van der Waals surface area (Å²) in [5.74, 6) is 1.81. The molecule has 1 aliphatic heterocycles. The van der Waals surface area contributed by atoms with E-state index in [1.54, 1.807) is 0 Å². The van der Waals surface area contributed by atoms with Crippen LogP contribution in [-0.4, -0.2) is 24.0 Å². The van der Waals surface area contributed by atoms with E-state index in [9.17, 15) is 0 Å². The fourth-order valence-corrected chi connectivity index (χ4v) is 2.73. The van der Waals surface area contributed by atoms with Crippen LogP contribution in [-0.2, 0) is 6.54 Å². The van der Waals surface area contributed by atoms with Crippen molar-refractivity contribution in [1.29, 1.82) is 0 Å². The van der Waals surface area contributed by atoms with Crippen LogP contribution in [0, 0.1) is 5.92 Å². The fourth-order valence-electron chi connectivity index (χ4n) is 2.39. The number of furan rings is 1. The first-order chi connectivity index (χ1) is 7.69. The van der Waals surface area contributed by atoms with Crippen LogP contribution in [0.1, 0.15) is 25.5 Å². The molecule has 2 heterocycles. The maximum absolute atomic E-state index is 5.83. The third kappa shape index (κ3) is 2.87. The van der Waals surface area contributed by atoms with E-state index in [0.29, 0.717) is 6.04 Å². The molecular formula is C12H19BrN2O. The molecule has 1 aromatic rings. The topological polar surface area (TPSA) is 42.4 Å². The summed E-state index contributed by atoms with van der Waals surface area (Å²) < 4.78 is 6.34. The van der Waals surface area contributed by atoms with Gasteiger partial charge in [0.25, 0.3) is 0 Å². The molecule has 0 spiro atoms.